The molecule has 4 nitrogen and oxygen atoms in total. The number of thioether (sulfide) groups is 1. The molecule has 1 spiro atoms. The number of nitrogens with zero attached hydrogens (tertiary/aromatic N) is 1. The third-order valence-electron chi connectivity index (χ3n) is 5.47. The minimum absolute atomic E-state index is 0.0635. The van der Waals surface area contributed by atoms with Gasteiger partial charge in [-0.3, -0.25) is 9.79 Å². The highest BCUT2D eigenvalue weighted by Gasteiger charge is 2.41. The second-order valence-electron chi connectivity index (χ2n) is 7.54. The molecule has 146 valence electrons. The number of carbonyl (C=O) groups is 1. The van der Waals surface area contributed by atoms with Crippen LogP contribution in [0.1, 0.15) is 30.9 Å². The van der Waals surface area contributed by atoms with E-state index in [0.717, 1.165) is 58.6 Å². The number of nitrogens with one attached hydrogen (secondary N) is 2. The van der Waals surface area contributed by atoms with Crippen molar-refractivity contribution in [2.24, 2.45) is 10.4 Å². The highest BCUT2D eigenvalue weighted by Crippen LogP contribution is 2.44. The molecule has 1 saturated heterocycles. The van der Waals surface area contributed by atoms with Crippen LogP contribution in [0.5, 0.6) is 0 Å². The average molecular weight is 414 g/mol. The fourth-order valence-corrected chi connectivity index (χ4v) is 5.51. The SMILES string of the molecule is CC(=O)Nc1ccc2c(c1)NC(=NCc1cccc(Cl)c1)C1(CCSCC1)C2. The van der Waals surface area contributed by atoms with Gasteiger partial charge in [0.1, 0.15) is 5.84 Å². The van der Waals surface area contributed by atoms with Gasteiger partial charge in [0.15, 0.2) is 0 Å². The normalized spacial score (nSPS) is 19.1. The van der Waals surface area contributed by atoms with Crippen LogP contribution in [-0.2, 0) is 17.8 Å². The lowest BCUT2D eigenvalue weighted by molar-refractivity contribution is -0.114. The number of rotatable bonds is 3. The van der Waals surface area contributed by atoms with Gasteiger partial charge in [-0.25, -0.2) is 0 Å². The van der Waals surface area contributed by atoms with E-state index in [1.165, 1.54) is 12.5 Å². The van der Waals surface area contributed by atoms with Gasteiger partial charge in [-0.2, -0.15) is 11.8 Å². The highest BCUT2D eigenvalue weighted by atomic mass is 35.5. The molecular formula is C22H24ClN3OS. The van der Waals surface area contributed by atoms with Gasteiger partial charge in [-0.1, -0.05) is 29.8 Å². The molecule has 0 unspecified atom stereocenters. The number of carbonyl (C=O) groups excluding carboxylic acids is 1. The number of fused-ring (bicyclic) bond motifs is 1. The van der Waals surface area contributed by atoms with Gasteiger partial charge < -0.3 is 10.6 Å². The van der Waals surface area contributed by atoms with Gasteiger partial charge in [-0.05, 0) is 66.2 Å². The van der Waals surface area contributed by atoms with E-state index in [2.05, 4.69) is 22.8 Å². The number of amides is 1. The highest BCUT2D eigenvalue weighted by molar-refractivity contribution is 7.99. The Morgan fingerprint density at radius 1 is 1.25 bits per heavy atom. The zero-order valence-corrected chi connectivity index (χ0v) is 17.5. The Balaban J connectivity index is 1.66. The molecule has 0 saturated carbocycles. The lowest BCUT2D eigenvalue weighted by Crippen LogP contribution is -2.44. The topological polar surface area (TPSA) is 53.5 Å². The zero-order chi connectivity index (χ0) is 19.6. The molecule has 2 N–H and O–H groups in total. The molecule has 0 radical (unpaired) electrons. The lowest BCUT2D eigenvalue weighted by Gasteiger charge is -2.42. The van der Waals surface area contributed by atoms with Crippen molar-refractivity contribution in [2.75, 3.05) is 22.1 Å². The number of amidine groups is 1. The molecule has 2 aromatic rings. The summed E-state index contributed by atoms with van der Waals surface area (Å²) in [5, 5.41) is 7.22. The van der Waals surface area contributed by atoms with Gasteiger partial charge in [0.05, 0.1) is 6.54 Å². The molecular weight excluding hydrogens is 390 g/mol. The van der Waals surface area contributed by atoms with E-state index < -0.39 is 0 Å². The number of benzene rings is 2. The summed E-state index contributed by atoms with van der Waals surface area (Å²) in [5.41, 5.74) is 4.33. The molecule has 2 aromatic carbocycles. The number of hydrogen-bond donors (Lipinski definition) is 2. The maximum atomic E-state index is 11.4. The van der Waals surface area contributed by atoms with E-state index in [0.29, 0.717) is 6.54 Å². The summed E-state index contributed by atoms with van der Waals surface area (Å²) in [7, 11) is 0. The number of aliphatic imine (C=N–C) groups is 1. The minimum Gasteiger partial charge on any atom is -0.343 e. The van der Waals surface area contributed by atoms with E-state index in [1.807, 2.05) is 42.1 Å². The molecule has 1 amide bonds. The third-order valence-corrected chi connectivity index (χ3v) is 6.69. The molecule has 0 atom stereocenters. The van der Waals surface area contributed by atoms with Crippen LogP contribution in [0.4, 0.5) is 11.4 Å². The lowest BCUT2D eigenvalue weighted by atomic mass is 9.72. The van der Waals surface area contributed by atoms with Crippen molar-refractivity contribution in [3.05, 3.63) is 58.6 Å². The van der Waals surface area contributed by atoms with Crippen molar-refractivity contribution in [3.8, 4) is 0 Å². The predicted molar refractivity (Wildman–Crippen MR) is 120 cm³/mol. The molecule has 2 aliphatic rings. The quantitative estimate of drug-likeness (QED) is 0.710. The van der Waals surface area contributed by atoms with Gasteiger partial charge in [-0.15, -0.1) is 0 Å². The van der Waals surface area contributed by atoms with E-state index in [1.54, 1.807) is 0 Å². The second kappa shape index (κ2) is 8.18. The molecule has 4 rings (SSSR count). The summed E-state index contributed by atoms with van der Waals surface area (Å²) < 4.78 is 0. The Morgan fingerprint density at radius 3 is 2.82 bits per heavy atom. The van der Waals surface area contributed by atoms with Crippen LogP contribution in [-0.4, -0.2) is 23.2 Å². The van der Waals surface area contributed by atoms with Crippen molar-refractivity contribution < 1.29 is 4.79 Å². The summed E-state index contributed by atoms with van der Waals surface area (Å²) in [6.45, 7) is 2.14. The Bertz CT molecular complexity index is 922. The van der Waals surface area contributed by atoms with Crippen molar-refractivity contribution in [3.63, 3.8) is 0 Å². The largest absolute Gasteiger partial charge is 0.343 e. The predicted octanol–water partition coefficient (Wildman–Crippen LogP) is 5.38. The van der Waals surface area contributed by atoms with Gasteiger partial charge in [0.2, 0.25) is 5.91 Å². The van der Waals surface area contributed by atoms with Crippen LogP contribution < -0.4 is 10.6 Å². The summed E-state index contributed by atoms with van der Waals surface area (Å²) >= 11 is 8.16. The maximum absolute atomic E-state index is 11.4. The first-order chi connectivity index (χ1) is 13.5. The number of halogens is 1. The summed E-state index contributed by atoms with van der Waals surface area (Å²) in [5.74, 6) is 3.33. The minimum atomic E-state index is -0.0635. The fourth-order valence-electron chi connectivity index (χ4n) is 4.03. The Hall–Kier alpha value is -1.98. The summed E-state index contributed by atoms with van der Waals surface area (Å²) in [6, 6.07) is 14.0. The summed E-state index contributed by atoms with van der Waals surface area (Å²) in [6.07, 6.45) is 3.25. The van der Waals surface area contributed by atoms with Gasteiger partial charge in [0, 0.05) is 28.7 Å². The van der Waals surface area contributed by atoms with Crippen LogP contribution in [0, 0.1) is 5.41 Å². The van der Waals surface area contributed by atoms with Crippen LogP contribution in [0.2, 0.25) is 5.02 Å². The van der Waals surface area contributed by atoms with Crippen LogP contribution in [0.15, 0.2) is 47.5 Å². The molecule has 28 heavy (non-hydrogen) atoms. The first-order valence-corrected chi connectivity index (χ1v) is 11.1. The van der Waals surface area contributed by atoms with E-state index in [4.69, 9.17) is 16.6 Å². The van der Waals surface area contributed by atoms with Crippen LogP contribution in [0.25, 0.3) is 0 Å². The van der Waals surface area contributed by atoms with Crippen molar-refractivity contribution in [2.45, 2.75) is 32.7 Å². The molecule has 0 aliphatic carbocycles. The van der Waals surface area contributed by atoms with E-state index >= 15 is 0 Å². The van der Waals surface area contributed by atoms with Crippen molar-refractivity contribution in [1.29, 1.82) is 0 Å². The second-order valence-corrected chi connectivity index (χ2v) is 9.20. The zero-order valence-electron chi connectivity index (χ0n) is 15.9. The number of hydrogen-bond acceptors (Lipinski definition) is 3. The molecule has 2 aliphatic heterocycles. The van der Waals surface area contributed by atoms with E-state index in [9.17, 15) is 4.79 Å². The van der Waals surface area contributed by atoms with Crippen LogP contribution in [0.3, 0.4) is 0 Å². The first kappa shape index (κ1) is 19.3. The fraction of sp³-hybridized carbons (Fsp3) is 0.364. The van der Waals surface area contributed by atoms with Crippen molar-refractivity contribution >= 4 is 46.5 Å². The molecule has 6 heteroatoms. The average Bonchev–Trinajstić information content (AvgIpc) is 2.67. The van der Waals surface area contributed by atoms with Gasteiger partial charge in [0.25, 0.3) is 0 Å². The molecule has 2 heterocycles. The molecule has 0 bridgehead atoms. The van der Waals surface area contributed by atoms with Gasteiger partial charge >= 0.3 is 0 Å². The van der Waals surface area contributed by atoms with Crippen molar-refractivity contribution in [1.82, 2.24) is 0 Å². The third kappa shape index (κ3) is 4.20. The number of anilines is 2. The molecule has 1 fully saturated rings. The maximum Gasteiger partial charge on any atom is 0.221 e. The first-order valence-electron chi connectivity index (χ1n) is 9.59. The Labute approximate surface area is 175 Å². The standard InChI is InChI=1S/C22H24ClN3OS/c1-15(27)25-19-6-5-17-13-22(7-9-28-10-8-22)21(26-20(17)12-19)24-14-16-3-2-4-18(23)11-16/h2-6,11-12H,7-10,13-14H2,1H3,(H,24,26)(H,25,27). The Kier molecular flexibility index (Phi) is 5.65. The molecule has 0 aromatic heterocycles. The summed E-state index contributed by atoms with van der Waals surface area (Å²) in [4.78, 5) is 16.4. The van der Waals surface area contributed by atoms with Crippen LogP contribution >= 0.6 is 23.4 Å². The monoisotopic (exact) mass is 413 g/mol. The smallest absolute Gasteiger partial charge is 0.221 e. The Morgan fingerprint density at radius 2 is 2.07 bits per heavy atom. The van der Waals surface area contributed by atoms with E-state index in [-0.39, 0.29) is 11.3 Å².